The Morgan fingerprint density at radius 1 is 1.20 bits per heavy atom. The lowest BCUT2D eigenvalue weighted by atomic mass is 10.1. The molecule has 0 bridgehead atoms. The minimum absolute atomic E-state index is 0. The average Bonchev–Trinajstić information content (AvgIpc) is 2.94. The van der Waals surface area contributed by atoms with E-state index >= 15 is 0 Å². The van der Waals surface area contributed by atoms with Crippen LogP contribution in [-0.2, 0) is 17.8 Å². The van der Waals surface area contributed by atoms with Crippen LogP contribution < -0.4 is 21.5 Å². The first-order valence-electron chi connectivity index (χ1n) is 9.30. The molecule has 0 amide bonds. The summed E-state index contributed by atoms with van der Waals surface area (Å²) in [6, 6.07) is 1.96. The highest BCUT2D eigenvalue weighted by molar-refractivity contribution is 5.64. The molecule has 0 aliphatic rings. The Bertz CT molecular complexity index is 537. The molecule has 0 aliphatic carbocycles. The van der Waals surface area contributed by atoms with Crippen LogP contribution in [0.25, 0.3) is 0 Å². The van der Waals surface area contributed by atoms with Crippen LogP contribution in [0.3, 0.4) is 0 Å². The highest BCUT2D eigenvalue weighted by Gasteiger charge is 2.22. The van der Waals surface area contributed by atoms with Crippen LogP contribution in [0.2, 0.25) is 0 Å². The molecular weight excluding hydrogens is 382 g/mol. The summed E-state index contributed by atoms with van der Waals surface area (Å²) >= 11 is 0. The number of aromatic nitrogens is 2. The summed E-state index contributed by atoms with van der Waals surface area (Å²) in [6.45, 7) is 4.03. The van der Waals surface area contributed by atoms with Crippen molar-refractivity contribution < 1.29 is 31.4 Å². The summed E-state index contributed by atoms with van der Waals surface area (Å²) in [5.41, 5.74) is 0. The van der Waals surface area contributed by atoms with Crippen LogP contribution in [0.5, 0.6) is 0 Å². The van der Waals surface area contributed by atoms with Gasteiger partial charge in [0.1, 0.15) is 18.5 Å². The normalized spacial score (nSPS) is 11.6. The van der Waals surface area contributed by atoms with Gasteiger partial charge < -0.3 is 22.1 Å². The van der Waals surface area contributed by atoms with Gasteiger partial charge in [0.05, 0.1) is 0 Å². The first kappa shape index (κ1) is 23.6. The van der Waals surface area contributed by atoms with Gasteiger partial charge in [-0.25, -0.2) is 13.9 Å². The molecule has 142 valence electrons. The monoisotopic (exact) mass is 413 g/mol. The lowest BCUT2D eigenvalue weighted by molar-refractivity contribution is -0.693. The van der Waals surface area contributed by atoms with Crippen molar-refractivity contribution in [2.45, 2.75) is 90.6 Å². The number of nitriles is 1. The third kappa shape index (κ3) is 9.06. The summed E-state index contributed by atoms with van der Waals surface area (Å²) in [4.78, 5) is 11.0. The predicted octanol–water partition coefficient (Wildman–Crippen LogP) is 1.02. The third-order valence-corrected chi connectivity index (χ3v) is 4.45. The topological polar surface area (TPSA) is 69.9 Å². The number of nitrogens with zero attached hydrogens (tertiary/aromatic N) is 3. The molecule has 0 fully saturated rings. The van der Waals surface area contributed by atoms with Crippen molar-refractivity contribution in [3.63, 3.8) is 0 Å². The van der Waals surface area contributed by atoms with Gasteiger partial charge in [-0.15, -0.1) is 0 Å². The second-order valence-corrected chi connectivity index (χ2v) is 6.53. The molecule has 0 saturated heterocycles. The van der Waals surface area contributed by atoms with Gasteiger partial charge in [0.15, 0.2) is 12.6 Å². The molecule has 1 aromatic heterocycles. The zero-order chi connectivity index (χ0) is 17.8. The first-order chi connectivity index (χ1) is 11.6. The predicted molar refractivity (Wildman–Crippen MR) is 93.5 cm³/mol. The molecule has 5 nitrogen and oxygen atoms in total. The van der Waals surface area contributed by atoms with Crippen molar-refractivity contribution in [3.05, 3.63) is 18.2 Å². The van der Waals surface area contributed by atoms with Gasteiger partial charge in [-0.2, -0.15) is 5.26 Å². The summed E-state index contributed by atoms with van der Waals surface area (Å²) < 4.78 is 3.65. The molecule has 1 heterocycles. The van der Waals surface area contributed by atoms with E-state index in [1.165, 1.54) is 44.9 Å². The van der Waals surface area contributed by atoms with Gasteiger partial charge in [0.2, 0.25) is 0 Å². The molecule has 25 heavy (non-hydrogen) atoms. The fraction of sp³-hybridized carbons (Fsp3) is 0.737. The minimum Gasteiger partial charge on any atom is -1.00 e. The van der Waals surface area contributed by atoms with Crippen molar-refractivity contribution in [1.82, 2.24) is 4.57 Å². The molecule has 0 aromatic carbocycles. The van der Waals surface area contributed by atoms with Gasteiger partial charge in [0, 0.05) is 6.42 Å². The smallest absolute Gasteiger partial charge is 0.346 e. The van der Waals surface area contributed by atoms with Gasteiger partial charge in [-0.1, -0.05) is 58.3 Å². The van der Waals surface area contributed by atoms with Crippen molar-refractivity contribution in [3.8, 4) is 6.07 Å². The number of halogens is 1. The maximum Gasteiger partial charge on any atom is 0.346 e. The molecular formula is C19H32BrN3O2. The van der Waals surface area contributed by atoms with Crippen molar-refractivity contribution in [1.29, 1.82) is 5.26 Å². The van der Waals surface area contributed by atoms with Gasteiger partial charge in [-0.05, 0) is 13.3 Å². The number of unbranched alkanes of at least 4 members (excludes halogenated alkanes) is 8. The lowest BCUT2D eigenvalue weighted by Crippen LogP contribution is -3.00. The molecule has 1 N–H and O–H groups in total. The average molecular weight is 414 g/mol. The molecule has 1 rings (SSSR count). The number of hydrogen-bond acceptors (Lipinski definition) is 2. The van der Waals surface area contributed by atoms with Gasteiger partial charge >= 0.3 is 5.97 Å². The number of imidazole rings is 1. The maximum atomic E-state index is 11.0. The van der Waals surface area contributed by atoms with Crippen LogP contribution in [0, 0.1) is 11.3 Å². The standard InChI is InChI=1S/C19H31N3O2.BrH/c1-3-4-5-6-7-8-9-10-11-12-18-21(16-19(23)24)13-14-22(18)17(2)15-20;/h13-14,17H,3-12,16H2,1-2H3;1H. The Morgan fingerprint density at radius 2 is 1.76 bits per heavy atom. The Morgan fingerprint density at radius 3 is 2.28 bits per heavy atom. The Labute approximate surface area is 162 Å². The van der Waals surface area contributed by atoms with E-state index in [1.54, 1.807) is 10.8 Å². The van der Waals surface area contributed by atoms with E-state index in [9.17, 15) is 4.79 Å². The summed E-state index contributed by atoms with van der Waals surface area (Å²) in [5.74, 6) is 0.0880. The fourth-order valence-corrected chi connectivity index (χ4v) is 3.04. The zero-order valence-corrected chi connectivity index (χ0v) is 17.2. The maximum absolute atomic E-state index is 11.0. The molecule has 0 spiro atoms. The molecule has 0 saturated carbocycles. The second-order valence-electron chi connectivity index (χ2n) is 6.53. The van der Waals surface area contributed by atoms with E-state index in [0.717, 1.165) is 25.1 Å². The van der Waals surface area contributed by atoms with Gasteiger partial charge in [0.25, 0.3) is 5.82 Å². The molecule has 1 aromatic rings. The number of carboxylic acids is 1. The summed E-state index contributed by atoms with van der Waals surface area (Å²) in [5, 5.41) is 18.2. The highest BCUT2D eigenvalue weighted by atomic mass is 79.9. The number of carboxylic acid groups (broad SMARTS) is 1. The van der Waals surface area contributed by atoms with Crippen LogP contribution in [-0.4, -0.2) is 15.6 Å². The van der Waals surface area contributed by atoms with E-state index in [2.05, 4.69) is 13.0 Å². The van der Waals surface area contributed by atoms with E-state index < -0.39 is 5.97 Å². The largest absolute Gasteiger partial charge is 1.00 e. The molecule has 0 radical (unpaired) electrons. The number of rotatable bonds is 13. The van der Waals surface area contributed by atoms with Crippen LogP contribution in [0.15, 0.2) is 12.4 Å². The highest BCUT2D eigenvalue weighted by Crippen LogP contribution is 2.13. The third-order valence-electron chi connectivity index (χ3n) is 4.45. The number of carbonyl (C=O) groups is 1. The Balaban J connectivity index is 0.00000576. The van der Waals surface area contributed by atoms with Crippen LogP contribution >= 0.6 is 0 Å². The molecule has 1 atom stereocenters. The molecule has 6 heteroatoms. The summed E-state index contributed by atoms with van der Waals surface area (Å²) in [7, 11) is 0. The van der Waals surface area contributed by atoms with Crippen molar-refractivity contribution in [2.75, 3.05) is 0 Å². The second kappa shape index (κ2) is 13.9. The minimum atomic E-state index is -0.851. The molecule has 1 unspecified atom stereocenters. The lowest BCUT2D eigenvalue weighted by Gasteiger charge is -2.06. The Kier molecular flexibility index (Phi) is 13.1. The van der Waals surface area contributed by atoms with Crippen LogP contribution in [0.1, 0.15) is 83.5 Å². The van der Waals surface area contributed by atoms with E-state index in [4.69, 9.17) is 10.4 Å². The van der Waals surface area contributed by atoms with E-state index in [1.807, 2.05) is 17.7 Å². The fourth-order valence-electron chi connectivity index (χ4n) is 3.04. The quantitative estimate of drug-likeness (QED) is 0.387. The van der Waals surface area contributed by atoms with Crippen molar-refractivity contribution >= 4 is 5.97 Å². The number of aliphatic carboxylic acids is 1. The summed E-state index contributed by atoms with van der Waals surface area (Å²) in [6.07, 6.45) is 15.8. The van der Waals surface area contributed by atoms with Crippen molar-refractivity contribution in [2.24, 2.45) is 0 Å². The number of hydrogen-bond donors (Lipinski definition) is 1. The first-order valence-corrected chi connectivity index (χ1v) is 9.30. The van der Waals surface area contributed by atoms with Gasteiger partial charge in [-0.3, -0.25) is 0 Å². The SMILES string of the molecule is CCCCCCCCCCCc1n(C(C)C#N)cc[n+]1CC(=O)O.[Br-]. The van der Waals surface area contributed by atoms with E-state index in [-0.39, 0.29) is 29.6 Å². The zero-order valence-electron chi connectivity index (χ0n) is 15.6. The Hall–Kier alpha value is -1.35. The van der Waals surface area contributed by atoms with E-state index in [0.29, 0.717) is 0 Å². The molecule has 0 aliphatic heterocycles. The van der Waals surface area contributed by atoms with Crippen LogP contribution in [0.4, 0.5) is 0 Å².